The summed E-state index contributed by atoms with van der Waals surface area (Å²) in [7, 11) is 0. The fraction of sp³-hybridized carbons (Fsp3) is 0.333. The van der Waals surface area contributed by atoms with Gasteiger partial charge in [-0.3, -0.25) is 19.0 Å². The number of benzene rings is 2. The molecule has 0 saturated heterocycles. The number of carbonyl (C=O) groups excluding carboxylic acids is 2. The van der Waals surface area contributed by atoms with Crippen LogP contribution in [0.15, 0.2) is 76.0 Å². The molecule has 2 amide bonds. The lowest BCUT2D eigenvalue weighted by Gasteiger charge is -2.23. The van der Waals surface area contributed by atoms with Crippen molar-refractivity contribution < 1.29 is 14.1 Å². The van der Waals surface area contributed by atoms with E-state index in [-0.39, 0.29) is 36.1 Å². The summed E-state index contributed by atoms with van der Waals surface area (Å²) >= 11 is 0. The molecule has 3 aromatic heterocycles. The van der Waals surface area contributed by atoms with Crippen molar-refractivity contribution in [1.82, 2.24) is 24.6 Å². The molecule has 0 aliphatic carbocycles. The van der Waals surface area contributed by atoms with Gasteiger partial charge in [-0.1, -0.05) is 73.1 Å². The van der Waals surface area contributed by atoms with E-state index in [1.807, 2.05) is 60.7 Å². The molecule has 1 atom stereocenters. The molecule has 10 nitrogen and oxygen atoms in total. The number of para-hydroxylation sites is 1. The zero-order valence-corrected chi connectivity index (χ0v) is 24.5. The molecule has 5 rings (SSSR count). The number of primary amides is 1. The lowest BCUT2D eigenvalue weighted by Crippen LogP contribution is -2.35. The van der Waals surface area contributed by atoms with Crippen LogP contribution in [0.1, 0.15) is 72.5 Å². The van der Waals surface area contributed by atoms with E-state index in [0.717, 1.165) is 35.7 Å². The lowest BCUT2D eigenvalue weighted by molar-refractivity contribution is -0.118. The molecule has 1 unspecified atom stereocenters. The Balaban J connectivity index is 1.32. The van der Waals surface area contributed by atoms with Crippen LogP contribution in [-0.4, -0.2) is 49.5 Å². The van der Waals surface area contributed by atoms with Crippen molar-refractivity contribution in [3.8, 4) is 0 Å². The number of pyridine rings is 1. The van der Waals surface area contributed by atoms with E-state index in [2.05, 4.69) is 17.1 Å². The minimum Gasteiger partial charge on any atom is -0.370 e. The maximum atomic E-state index is 13.6. The molecule has 0 aliphatic heterocycles. The van der Waals surface area contributed by atoms with Crippen LogP contribution in [0.3, 0.4) is 0 Å². The Kier molecular flexibility index (Phi) is 9.24. The van der Waals surface area contributed by atoms with Crippen molar-refractivity contribution in [3.05, 3.63) is 99.9 Å². The number of carbonyl (C=O) groups is 2. The van der Waals surface area contributed by atoms with Crippen LogP contribution in [0.25, 0.3) is 22.0 Å². The normalized spacial score (nSPS) is 12.0. The first kappa shape index (κ1) is 29.6. The first-order valence-electron chi connectivity index (χ1n) is 14.7. The summed E-state index contributed by atoms with van der Waals surface area (Å²) in [4.78, 5) is 49.6. The summed E-state index contributed by atoms with van der Waals surface area (Å²) in [5.74, 6) is -0.0375. The second-order valence-electron chi connectivity index (χ2n) is 10.8. The first-order valence-corrected chi connectivity index (χ1v) is 14.7. The quantitative estimate of drug-likeness (QED) is 0.194. The SMILES string of the molecule is CCC(CCCCN(CCC(N)=O)C(=O)c1ccc2ccccc2n1)c1nc2onc(C)c2c(=O)n1Cc1ccccc1. The molecule has 10 heteroatoms. The summed E-state index contributed by atoms with van der Waals surface area (Å²) in [6, 6.07) is 21.0. The van der Waals surface area contributed by atoms with Crippen molar-refractivity contribution in [2.24, 2.45) is 5.73 Å². The highest BCUT2D eigenvalue weighted by Crippen LogP contribution is 2.26. The molecule has 0 spiro atoms. The summed E-state index contributed by atoms with van der Waals surface area (Å²) in [5.41, 5.74) is 8.11. The van der Waals surface area contributed by atoms with Crippen LogP contribution in [0.4, 0.5) is 0 Å². The smallest absolute Gasteiger partial charge is 0.272 e. The molecule has 43 heavy (non-hydrogen) atoms. The van der Waals surface area contributed by atoms with Gasteiger partial charge in [0, 0.05) is 30.8 Å². The van der Waals surface area contributed by atoms with Crippen molar-refractivity contribution >= 4 is 33.8 Å². The maximum absolute atomic E-state index is 13.6. The van der Waals surface area contributed by atoms with Gasteiger partial charge < -0.3 is 15.2 Å². The molecular formula is C33H36N6O4. The molecule has 2 aromatic carbocycles. The number of aromatic nitrogens is 4. The second-order valence-corrected chi connectivity index (χ2v) is 10.8. The number of fused-ring (bicyclic) bond motifs is 2. The molecule has 0 saturated carbocycles. The number of hydrogen-bond donors (Lipinski definition) is 1. The van der Waals surface area contributed by atoms with Crippen LogP contribution < -0.4 is 11.3 Å². The Hall–Kier alpha value is -4.86. The fourth-order valence-electron chi connectivity index (χ4n) is 5.43. The van der Waals surface area contributed by atoms with Gasteiger partial charge in [0.15, 0.2) is 0 Å². The van der Waals surface area contributed by atoms with Gasteiger partial charge in [-0.05, 0) is 43.9 Å². The van der Waals surface area contributed by atoms with Crippen molar-refractivity contribution in [3.63, 3.8) is 0 Å². The van der Waals surface area contributed by atoms with Crippen LogP contribution in [0.2, 0.25) is 0 Å². The molecule has 0 bridgehead atoms. The van der Waals surface area contributed by atoms with Gasteiger partial charge >= 0.3 is 0 Å². The third-order valence-electron chi connectivity index (χ3n) is 7.80. The first-order chi connectivity index (χ1) is 20.9. The Bertz CT molecular complexity index is 1800. The van der Waals surface area contributed by atoms with E-state index in [9.17, 15) is 14.4 Å². The van der Waals surface area contributed by atoms with Crippen LogP contribution >= 0.6 is 0 Å². The highest BCUT2D eigenvalue weighted by molar-refractivity contribution is 5.95. The molecule has 5 aromatic rings. The summed E-state index contributed by atoms with van der Waals surface area (Å²) in [6.07, 6.45) is 3.07. The second kappa shape index (κ2) is 13.4. The van der Waals surface area contributed by atoms with Gasteiger partial charge in [0.25, 0.3) is 17.2 Å². The molecule has 0 radical (unpaired) electrons. The number of aryl methyl sites for hydroxylation is 1. The Morgan fingerprint density at radius 2 is 1.74 bits per heavy atom. The van der Waals surface area contributed by atoms with Gasteiger partial charge in [0.2, 0.25) is 5.91 Å². The predicted molar refractivity (Wildman–Crippen MR) is 165 cm³/mol. The Morgan fingerprint density at radius 3 is 2.51 bits per heavy atom. The number of nitrogens with two attached hydrogens (primary N) is 1. The minimum absolute atomic E-state index is 0.0110. The van der Waals surface area contributed by atoms with Crippen LogP contribution in [-0.2, 0) is 11.3 Å². The molecule has 0 aliphatic rings. The van der Waals surface area contributed by atoms with E-state index in [0.29, 0.717) is 42.1 Å². The predicted octanol–water partition coefficient (Wildman–Crippen LogP) is 4.97. The molecule has 3 heterocycles. The van der Waals surface area contributed by atoms with E-state index >= 15 is 0 Å². The highest BCUT2D eigenvalue weighted by Gasteiger charge is 2.23. The standard InChI is InChI=1S/C33H36N6O4/c1-3-24(30-36-31-29(22(2)37-43-31)33(42)39(30)21-23-11-5-4-6-12-23)13-9-10-19-38(20-18-28(34)40)32(41)27-17-16-25-14-7-8-15-26(25)35-27/h4-8,11-12,14-17,24H,3,9-10,13,18-21H2,1-2H3,(H2,34,40). The monoisotopic (exact) mass is 580 g/mol. The van der Waals surface area contributed by atoms with Gasteiger partial charge in [0.1, 0.15) is 16.9 Å². The number of amides is 2. The summed E-state index contributed by atoms with van der Waals surface area (Å²) < 4.78 is 7.15. The maximum Gasteiger partial charge on any atom is 0.272 e. The third kappa shape index (κ3) is 6.80. The minimum atomic E-state index is -0.462. The molecular weight excluding hydrogens is 544 g/mol. The number of hydrogen-bond acceptors (Lipinski definition) is 7. The van der Waals surface area contributed by atoms with Crippen molar-refractivity contribution in [2.45, 2.75) is 58.4 Å². The topological polar surface area (TPSA) is 137 Å². The van der Waals surface area contributed by atoms with E-state index < -0.39 is 5.91 Å². The van der Waals surface area contributed by atoms with Gasteiger partial charge in [0.05, 0.1) is 17.8 Å². The van der Waals surface area contributed by atoms with E-state index in [1.165, 1.54) is 0 Å². The van der Waals surface area contributed by atoms with Crippen LogP contribution in [0.5, 0.6) is 0 Å². The van der Waals surface area contributed by atoms with Gasteiger partial charge in [-0.2, -0.15) is 4.98 Å². The van der Waals surface area contributed by atoms with Crippen LogP contribution in [0, 0.1) is 6.92 Å². The summed E-state index contributed by atoms with van der Waals surface area (Å²) in [5, 5.41) is 5.34. The largest absolute Gasteiger partial charge is 0.370 e. The van der Waals surface area contributed by atoms with E-state index in [1.54, 1.807) is 22.5 Å². The number of nitrogens with zero attached hydrogens (tertiary/aromatic N) is 5. The molecule has 222 valence electrons. The van der Waals surface area contributed by atoms with Crippen molar-refractivity contribution in [2.75, 3.05) is 13.1 Å². The van der Waals surface area contributed by atoms with Gasteiger partial charge in [-0.15, -0.1) is 0 Å². The zero-order chi connectivity index (χ0) is 30.3. The molecule has 0 fully saturated rings. The van der Waals surface area contributed by atoms with E-state index in [4.69, 9.17) is 15.2 Å². The van der Waals surface area contributed by atoms with Crippen molar-refractivity contribution in [1.29, 1.82) is 0 Å². The average Bonchev–Trinajstić information content (AvgIpc) is 3.40. The third-order valence-corrected chi connectivity index (χ3v) is 7.80. The molecule has 2 N–H and O–H groups in total. The summed E-state index contributed by atoms with van der Waals surface area (Å²) in [6.45, 7) is 4.89. The average molecular weight is 581 g/mol. The fourth-order valence-corrected chi connectivity index (χ4v) is 5.43. The Labute approximate surface area is 249 Å². The highest BCUT2D eigenvalue weighted by atomic mass is 16.5. The Morgan fingerprint density at radius 1 is 0.977 bits per heavy atom. The number of rotatable bonds is 13. The zero-order valence-electron chi connectivity index (χ0n) is 24.5. The lowest BCUT2D eigenvalue weighted by atomic mass is 9.97. The number of unbranched alkanes of at least 4 members (excludes halogenated alkanes) is 1. The van der Waals surface area contributed by atoms with Gasteiger partial charge in [-0.25, -0.2) is 4.98 Å².